The van der Waals surface area contributed by atoms with Crippen LogP contribution >= 0.6 is 27.3 Å². The maximum Gasteiger partial charge on any atom is 0.139 e. The number of hydrogen-bond donors (Lipinski definition) is 2. The molecule has 1 aliphatic rings. The van der Waals surface area contributed by atoms with E-state index in [0.717, 1.165) is 17.9 Å². The van der Waals surface area contributed by atoms with E-state index < -0.39 is 0 Å². The molecule has 0 fully saturated rings. The fraction of sp³-hybridized carbons (Fsp3) is 0.167. The van der Waals surface area contributed by atoms with Gasteiger partial charge >= 0.3 is 0 Å². The van der Waals surface area contributed by atoms with E-state index in [1.807, 2.05) is 6.07 Å². The van der Waals surface area contributed by atoms with Gasteiger partial charge < -0.3 is 10.6 Å². The standard InChI is InChI=1S/C12H10BrFN2S/c13-7-4-10-9(5-8(7)14)15-6-11(16-10)12-2-1-3-17-12/h1-5,11,15-16H,6H2. The highest BCUT2D eigenvalue weighted by molar-refractivity contribution is 9.10. The molecule has 0 spiro atoms. The van der Waals surface area contributed by atoms with Gasteiger partial charge in [0.1, 0.15) is 5.82 Å². The number of hydrogen-bond acceptors (Lipinski definition) is 3. The molecule has 0 radical (unpaired) electrons. The minimum Gasteiger partial charge on any atom is -0.381 e. The van der Waals surface area contributed by atoms with Crippen LogP contribution in [0.1, 0.15) is 10.9 Å². The molecule has 0 aliphatic carbocycles. The van der Waals surface area contributed by atoms with Crippen LogP contribution < -0.4 is 10.6 Å². The second kappa shape index (κ2) is 4.31. The summed E-state index contributed by atoms with van der Waals surface area (Å²) in [6.07, 6.45) is 0. The van der Waals surface area contributed by atoms with Crippen LogP contribution in [-0.4, -0.2) is 6.54 Å². The van der Waals surface area contributed by atoms with Crippen molar-refractivity contribution in [3.8, 4) is 0 Å². The molecule has 1 aromatic carbocycles. The molecule has 2 nitrogen and oxygen atoms in total. The highest BCUT2D eigenvalue weighted by Crippen LogP contribution is 2.36. The lowest BCUT2D eigenvalue weighted by atomic mass is 10.1. The van der Waals surface area contributed by atoms with Crippen LogP contribution in [0, 0.1) is 5.82 Å². The Morgan fingerprint density at radius 1 is 1.35 bits per heavy atom. The lowest BCUT2D eigenvalue weighted by Gasteiger charge is -2.28. The van der Waals surface area contributed by atoms with Gasteiger partial charge in [0.25, 0.3) is 0 Å². The fourth-order valence-corrected chi connectivity index (χ4v) is 3.05. The SMILES string of the molecule is Fc1cc2c(cc1Br)NC(c1cccs1)CN2. The van der Waals surface area contributed by atoms with Crippen molar-refractivity contribution in [3.63, 3.8) is 0 Å². The zero-order chi connectivity index (χ0) is 11.8. The maximum atomic E-state index is 13.4. The quantitative estimate of drug-likeness (QED) is 0.823. The molecule has 17 heavy (non-hydrogen) atoms. The van der Waals surface area contributed by atoms with E-state index in [4.69, 9.17) is 0 Å². The Hall–Kier alpha value is -1.07. The average Bonchev–Trinajstić information content (AvgIpc) is 2.83. The van der Waals surface area contributed by atoms with Crippen molar-refractivity contribution >= 4 is 38.6 Å². The Bertz CT molecular complexity index is 542. The van der Waals surface area contributed by atoms with Gasteiger partial charge in [0.05, 0.1) is 21.9 Å². The Morgan fingerprint density at radius 2 is 2.24 bits per heavy atom. The van der Waals surface area contributed by atoms with Crippen LogP contribution in [0.4, 0.5) is 15.8 Å². The second-order valence-corrected chi connectivity index (χ2v) is 5.74. The minimum atomic E-state index is -0.243. The highest BCUT2D eigenvalue weighted by atomic mass is 79.9. The molecule has 5 heteroatoms. The maximum absolute atomic E-state index is 13.4. The van der Waals surface area contributed by atoms with Crippen LogP contribution in [0.5, 0.6) is 0 Å². The number of thiophene rings is 1. The van der Waals surface area contributed by atoms with Gasteiger partial charge in [-0.25, -0.2) is 4.39 Å². The highest BCUT2D eigenvalue weighted by Gasteiger charge is 2.20. The summed E-state index contributed by atoms with van der Waals surface area (Å²) < 4.78 is 13.8. The zero-order valence-electron chi connectivity index (χ0n) is 8.84. The van der Waals surface area contributed by atoms with E-state index in [0.29, 0.717) is 4.47 Å². The van der Waals surface area contributed by atoms with Crippen LogP contribution in [0.15, 0.2) is 34.1 Å². The first kappa shape index (κ1) is 11.0. The molecular formula is C12H10BrFN2S. The van der Waals surface area contributed by atoms with E-state index >= 15 is 0 Å². The van der Waals surface area contributed by atoms with Crippen molar-refractivity contribution in [3.05, 3.63) is 44.8 Å². The van der Waals surface area contributed by atoms with E-state index in [2.05, 4.69) is 38.0 Å². The van der Waals surface area contributed by atoms with Crippen LogP contribution in [-0.2, 0) is 0 Å². The van der Waals surface area contributed by atoms with Crippen LogP contribution in [0.25, 0.3) is 0 Å². The molecule has 0 bridgehead atoms. The molecule has 2 N–H and O–H groups in total. The van der Waals surface area contributed by atoms with Crippen LogP contribution in [0.2, 0.25) is 0 Å². The topological polar surface area (TPSA) is 24.1 Å². The lowest BCUT2D eigenvalue weighted by molar-refractivity contribution is 0.620. The summed E-state index contributed by atoms with van der Waals surface area (Å²) >= 11 is 4.93. The molecule has 1 aliphatic heterocycles. The van der Waals surface area contributed by atoms with Crippen molar-refractivity contribution in [2.24, 2.45) is 0 Å². The first-order chi connectivity index (χ1) is 8.24. The molecule has 88 valence electrons. The number of benzene rings is 1. The molecule has 0 saturated carbocycles. The Balaban J connectivity index is 1.93. The van der Waals surface area contributed by atoms with Crippen molar-refractivity contribution in [1.82, 2.24) is 0 Å². The van der Waals surface area contributed by atoms with Gasteiger partial charge in [-0.15, -0.1) is 11.3 Å². The Labute approximate surface area is 111 Å². The number of rotatable bonds is 1. The van der Waals surface area contributed by atoms with Gasteiger partial charge in [-0.3, -0.25) is 0 Å². The smallest absolute Gasteiger partial charge is 0.139 e. The van der Waals surface area contributed by atoms with E-state index in [1.54, 1.807) is 17.4 Å². The third kappa shape index (κ3) is 2.05. The molecular weight excluding hydrogens is 303 g/mol. The largest absolute Gasteiger partial charge is 0.381 e. The minimum absolute atomic E-state index is 0.243. The molecule has 1 aromatic heterocycles. The Morgan fingerprint density at radius 3 is 3.00 bits per heavy atom. The molecule has 1 unspecified atom stereocenters. The first-order valence-corrected chi connectivity index (χ1v) is 6.94. The van der Waals surface area contributed by atoms with Crippen molar-refractivity contribution in [1.29, 1.82) is 0 Å². The van der Waals surface area contributed by atoms with E-state index in [1.165, 1.54) is 10.9 Å². The molecule has 2 aromatic rings. The number of halogens is 2. The van der Waals surface area contributed by atoms with Gasteiger partial charge in [0.2, 0.25) is 0 Å². The normalized spacial score (nSPS) is 18.1. The van der Waals surface area contributed by atoms with Gasteiger partial charge in [0, 0.05) is 17.5 Å². The van der Waals surface area contributed by atoms with E-state index in [-0.39, 0.29) is 11.9 Å². The number of anilines is 2. The average molecular weight is 313 g/mol. The summed E-state index contributed by atoms with van der Waals surface area (Å²) in [7, 11) is 0. The van der Waals surface area contributed by atoms with Crippen molar-refractivity contribution in [2.75, 3.05) is 17.2 Å². The molecule has 1 atom stereocenters. The predicted molar refractivity (Wildman–Crippen MR) is 73.3 cm³/mol. The van der Waals surface area contributed by atoms with Gasteiger partial charge in [-0.2, -0.15) is 0 Å². The summed E-state index contributed by atoms with van der Waals surface area (Å²) in [4.78, 5) is 1.28. The summed E-state index contributed by atoms with van der Waals surface area (Å²) in [5, 5.41) is 8.73. The third-order valence-corrected chi connectivity index (χ3v) is 4.37. The summed E-state index contributed by atoms with van der Waals surface area (Å²) in [5.74, 6) is -0.243. The number of fused-ring (bicyclic) bond motifs is 1. The monoisotopic (exact) mass is 312 g/mol. The fourth-order valence-electron chi connectivity index (χ4n) is 1.92. The van der Waals surface area contributed by atoms with Gasteiger partial charge in [0.15, 0.2) is 0 Å². The molecule has 2 heterocycles. The second-order valence-electron chi connectivity index (χ2n) is 3.91. The predicted octanol–water partition coefficient (Wildman–Crippen LogP) is 4.23. The molecule has 0 amide bonds. The number of nitrogens with one attached hydrogen (secondary N) is 2. The summed E-state index contributed by atoms with van der Waals surface area (Å²) in [6, 6.07) is 7.68. The molecule has 3 rings (SSSR count). The summed E-state index contributed by atoms with van der Waals surface area (Å²) in [6.45, 7) is 0.772. The third-order valence-electron chi connectivity index (χ3n) is 2.77. The van der Waals surface area contributed by atoms with Crippen molar-refractivity contribution < 1.29 is 4.39 Å². The van der Waals surface area contributed by atoms with E-state index in [9.17, 15) is 4.39 Å². The van der Waals surface area contributed by atoms with Gasteiger partial charge in [-0.05, 0) is 33.4 Å². The van der Waals surface area contributed by atoms with Crippen molar-refractivity contribution in [2.45, 2.75) is 6.04 Å². The first-order valence-electron chi connectivity index (χ1n) is 5.27. The molecule has 0 saturated heterocycles. The zero-order valence-corrected chi connectivity index (χ0v) is 11.2. The summed E-state index contributed by atoms with van der Waals surface area (Å²) in [5.41, 5.74) is 1.75. The van der Waals surface area contributed by atoms with Gasteiger partial charge in [-0.1, -0.05) is 6.07 Å². The Kier molecular flexibility index (Phi) is 2.80. The van der Waals surface area contributed by atoms with Crippen LogP contribution in [0.3, 0.4) is 0 Å². The lowest BCUT2D eigenvalue weighted by Crippen LogP contribution is -2.25.